The molecule has 1 aromatic carbocycles. The largest absolute Gasteiger partial charge is 0.497 e. The highest BCUT2D eigenvalue weighted by molar-refractivity contribution is 6.03. The Hall–Kier alpha value is -3.19. The molecule has 0 saturated carbocycles. The van der Waals surface area contributed by atoms with Crippen molar-refractivity contribution in [3.63, 3.8) is 0 Å². The highest BCUT2D eigenvalue weighted by Crippen LogP contribution is 2.13. The zero-order valence-electron chi connectivity index (χ0n) is 15.7. The van der Waals surface area contributed by atoms with Crippen molar-refractivity contribution in [2.45, 2.75) is 13.1 Å². The maximum atomic E-state index is 12.5. The summed E-state index contributed by atoms with van der Waals surface area (Å²) < 4.78 is 6.89. The normalized spacial score (nSPS) is 10.8. The molecule has 1 N–H and O–H groups in total. The molecular formula is C20H23N5O2. The second-order valence-corrected chi connectivity index (χ2v) is 6.52. The summed E-state index contributed by atoms with van der Waals surface area (Å²) >= 11 is 0. The van der Waals surface area contributed by atoms with Gasteiger partial charge in [0.15, 0.2) is 0 Å². The molecule has 3 rings (SSSR count). The van der Waals surface area contributed by atoms with Crippen LogP contribution in [0.15, 0.2) is 55.0 Å². The second kappa shape index (κ2) is 8.46. The van der Waals surface area contributed by atoms with Crippen molar-refractivity contribution < 1.29 is 9.53 Å². The first-order valence-corrected chi connectivity index (χ1v) is 8.60. The van der Waals surface area contributed by atoms with Crippen LogP contribution in [0.5, 0.6) is 5.75 Å². The molecule has 3 aromatic rings. The van der Waals surface area contributed by atoms with Gasteiger partial charge in [-0.15, -0.1) is 0 Å². The average Bonchev–Trinajstić information content (AvgIpc) is 3.11. The van der Waals surface area contributed by atoms with Gasteiger partial charge in [-0.25, -0.2) is 4.98 Å². The van der Waals surface area contributed by atoms with Crippen LogP contribution < -0.4 is 10.1 Å². The number of benzene rings is 1. The predicted molar refractivity (Wildman–Crippen MR) is 104 cm³/mol. The first-order chi connectivity index (χ1) is 13.0. The summed E-state index contributed by atoms with van der Waals surface area (Å²) in [5.41, 5.74) is 2.65. The Balaban J connectivity index is 1.64. The number of methoxy groups -OCH3 is 1. The van der Waals surface area contributed by atoms with Crippen molar-refractivity contribution in [3.8, 4) is 5.75 Å². The summed E-state index contributed by atoms with van der Waals surface area (Å²) in [6.45, 7) is 1.36. The van der Waals surface area contributed by atoms with Crippen molar-refractivity contribution in [2.75, 3.05) is 26.5 Å². The molecule has 0 aliphatic rings. The van der Waals surface area contributed by atoms with Crippen LogP contribution in [0.1, 0.15) is 21.5 Å². The number of carbonyl (C=O) groups is 1. The number of nitrogens with zero attached hydrogens (tertiary/aromatic N) is 4. The van der Waals surface area contributed by atoms with E-state index in [9.17, 15) is 4.79 Å². The van der Waals surface area contributed by atoms with E-state index in [0.29, 0.717) is 17.9 Å². The van der Waals surface area contributed by atoms with Gasteiger partial charge in [-0.05, 0) is 49.5 Å². The summed E-state index contributed by atoms with van der Waals surface area (Å²) in [4.78, 5) is 18.7. The van der Waals surface area contributed by atoms with Gasteiger partial charge in [0.2, 0.25) is 0 Å². The lowest BCUT2D eigenvalue weighted by Gasteiger charge is -2.10. The van der Waals surface area contributed by atoms with Gasteiger partial charge in [0.05, 0.1) is 25.4 Å². The fraction of sp³-hybridized carbons (Fsp3) is 0.250. The van der Waals surface area contributed by atoms with Gasteiger partial charge < -0.3 is 15.0 Å². The third-order valence-corrected chi connectivity index (χ3v) is 3.96. The van der Waals surface area contributed by atoms with Gasteiger partial charge >= 0.3 is 0 Å². The molecule has 0 radical (unpaired) electrons. The molecule has 27 heavy (non-hydrogen) atoms. The molecule has 1 amide bonds. The molecular weight excluding hydrogens is 342 g/mol. The maximum absolute atomic E-state index is 12.5. The number of pyridine rings is 1. The summed E-state index contributed by atoms with van der Waals surface area (Å²) in [5, 5.41) is 7.10. The van der Waals surface area contributed by atoms with Crippen molar-refractivity contribution in [3.05, 3.63) is 71.7 Å². The Kier molecular flexibility index (Phi) is 5.83. The molecule has 0 atom stereocenters. The van der Waals surface area contributed by atoms with Crippen molar-refractivity contribution in [1.29, 1.82) is 0 Å². The molecule has 0 saturated heterocycles. The average molecular weight is 365 g/mol. The van der Waals surface area contributed by atoms with E-state index < -0.39 is 0 Å². The van der Waals surface area contributed by atoms with Gasteiger partial charge in [0.1, 0.15) is 11.6 Å². The van der Waals surface area contributed by atoms with Crippen LogP contribution in [-0.2, 0) is 13.1 Å². The summed E-state index contributed by atoms with van der Waals surface area (Å²) in [5.74, 6) is 1.11. The van der Waals surface area contributed by atoms with Crippen LogP contribution in [0.25, 0.3) is 0 Å². The van der Waals surface area contributed by atoms with Crippen molar-refractivity contribution in [2.24, 2.45) is 0 Å². The van der Waals surface area contributed by atoms with Gasteiger partial charge in [0, 0.05) is 18.9 Å². The first kappa shape index (κ1) is 18.6. The van der Waals surface area contributed by atoms with E-state index >= 15 is 0 Å². The number of aromatic nitrogens is 3. The van der Waals surface area contributed by atoms with E-state index in [1.807, 2.05) is 50.5 Å². The third kappa shape index (κ3) is 5.15. The Bertz CT molecular complexity index is 903. The number of nitrogens with one attached hydrogen (secondary N) is 1. The predicted octanol–water partition coefficient (Wildman–Crippen LogP) is 2.65. The van der Waals surface area contributed by atoms with E-state index in [4.69, 9.17) is 4.74 Å². The Morgan fingerprint density at radius 1 is 1.19 bits per heavy atom. The summed E-state index contributed by atoms with van der Waals surface area (Å²) in [6.07, 6.45) is 4.98. The quantitative estimate of drug-likeness (QED) is 0.697. The lowest BCUT2D eigenvalue weighted by molar-refractivity contribution is 0.102. The monoisotopic (exact) mass is 365 g/mol. The topological polar surface area (TPSA) is 72.3 Å². The number of ether oxygens (including phenoxy) is 1. The molecule has 0 unspecified atom stereocenters. The zero-order chi connectivity index (χ0) is 19.2. The fourth-order valence-electron chi connectivity index (χ4n) is 2.68. The molecule has 0 aliphatic carbocycles. The lowest BCUT2D eigenvalue weighted by atomic mass is 10.2. The van der Waals surface area contributed by atoms with Gasteiger partial charge in [0.25, 0.3) is 5.91 Å². The Morgan fingerprint density at radius 3 is 2.67 bits per heavy atom. The summed E-state index contributed by atoms with van der Waals surface area (Å²) in [7, 11) is 5.63. The van der Waals surface area contributed by atoms with Crippen LogP contribution in [-0.4, -0.2) is 46.8 Å². The SMILES string of the molecule is COc1ccc(Cn2cc(C(=O)Nc3cc(CN(C)C)ccn3)cn2)cc1. The lowest BCUT2D eigenvalue weighted by Crippen LogP contribution is -2.14. The molecule has 0 aliphatic heterocycles. The number of hydrogen-bond acceptors (Lipinski definition) is 5. The smallest absolute Gasteiger partial charge is 0.260 e. The second-order valence-electron chi connectivity index (χ2n) is 6.52. The number of hydrogen-bond donors (Lipinski definition) is 1. The number of carbonyl (C=O) groups excluding carboxylic acids is 1. The Morgan fingerprint density at radius 2 is 1.96 bits per heavy atom. The van der Waals surface area contributed by atoms with Crippen LogP contribution in [0.4, 0.5) is 5.82 Å². The van der Waals surface area contributed by atoms with Gasteiger partial charge in [-0.3, -0.25) is 9.48 Å². The third-order valence-electron chi connectivity index (χ3n) is 3.96. The van der Waals surface area contributed by atoms with Gasteiger partial charge in [-0.1, -0.05) is 12.1 Å². The molecule has 2 aromatic heterocycles. The minimum absolute atomic E-state index is 0.231. The van der Waals surface area contributed by atoms with E-state index in [1.165, 1.54) is 0 Å². The Labute approximate surface area is 158 Å². The molecule has 140 valence electrons. The molecule has 0 fully saturated rings. The molecule has 2 heterocycles. The van der Waals surface area contributed by atoms with Crippen LogP contribution in [0.3, 0.4) is 0 Å². The van der Waals surface area contributed by atoms with E-state index in [1.54, 1.807) is 30.4 Å². The van der Waals surface area contributed by atoms with Crippen molar-refractivity contribution >= 4 is 11.7 Å². The molecule has 7 nitrogen and oxygen atoms in total. The van der Waals surface area contributed by atoms with E-state index in [-0.39, 0.29) is 5.91 Å². The zero-order valence-corrected chi connectivity index (χ0v) is 15.7. The molecule has 0 spiro atoms. The molecule has 7 heteroatoms. The summed E-state index contributed by atoms with van der Waals surface area (Å²) in [6, 6.07) is 11.6. The number of amides is 1. The van der Waals surface area contributed by atoms with E-state index in [2.05, 4.69) is 20.3 Å². The standard InChI is InChI=1S/C20H23N5O2/c1-24(2)12-16-8-9-21-19(10-16)23-20(26)17-11-22-25(14-17)13-15-4-6-18(27-3)7-5-15/h4-11,14H,12-13H2,1-3H3,(H,21,23,26). The van der Waals surface area contributed by atoms with Crippen LogP contribution >= 0.6 is 0 Å². The first-order valence-electron chi connectivity index (χ1n) is 8.60. The van der Waals surface area contributed by atoms with Crippen molar-refractivity contribution in [1.82, 2.24) is 19.7 Å². The number of anilines is 1. The molecule has 0 bridgehead atoms. The van der Waals surface area contributed by atoms with E-state index in [0.717, 1.165) is 23.4 Å². The number of rotatable bonds is 7. The highest BCUT2D eigenvalue weighted by atomic mass is 16.5. The minimum atomic E-state index is -0.231. The minimum Gasteiger partial charge on any atom is -0.497 e. The fourth-order valence-corrected chi connectivity index (χ4v) is 2.68. The highest BCUT2D eigenvalue weighted by Gasteiger charge is 2.10. The van der Waals surface area contributed by atoms with Crippen LogP contribution in [0, 0.1) is 0 Å². The van der Waals surface area contributed by atoms with Gasteiger partial charge in [-0.2, -0.15) is 5.10 Å². The van der Waals surface area contributed by atoms with Crippen LogP contribution in [0.2, 0.25) is 0 Å². The maximum Gasteiger partial charge on any atom is 0.260 e.